The maximum Gasteiger partial charge on any atom is 0.308 e. The first-order valence-corrected chi connectivity index (χ1v) is 1.73. The van der Waals surface area contributed by atoms with Crippen LogP contribution in [0.1, 0.15) is 11.0 Å². The maximum absolute atomic E-state index is 10.1. The van der Waals surface area contributed by atoms with Gasteiger partial charge in [-0.15, -0.1) is 0 Å². The zero-order valence-corrected chi connectivity index (χ0v) is 3.59. The summed E-state index contributed by atoms with van der Waals surface area (Å²) in [5.74, 6) is -3.16. The van der Waals surface area contributed by atoms with Crippen molar-refractivity contribution in [2.75, 3.05) is 6.61 Å². The minimum atomic E-state index is -2.61. The van der Waals surface area contributed by atoms with Crippen LogP contribution in [0.2, 0.25) is 0 Å². The highest BCUT2D eigenvalue weighted by Crippen LogP contribution is 1.88. The highest BCUT2D eigenvalue weighted by molar-refractivity contribution is 5.69. The van der Waals surface area contributed by atoms with Crippen molar-refractivity contribution in [3.63, 3.8) is 0 Å². The normalized spacial score (nSPS) is 21.6. The van der Waals surface area contributed by atoms with Gasteiger partial charge >= 0.3 is 5.97 Å². The number of hydrogen-bond donors (Lipinski definition) is 2. The minimum absolute atomic E-state index is 0.855. The summed E-state index contributed by atoms with van der Waals surface area (Å²) in [6.07, 6.45) is 0. The van der Waals surface area contributed by atoms with Crippen LogP contribution >= 0.6 is 0 Å². The molecule has 0 saturated heterocycles. The SMILES string of the molecule is [2H]C([2H])([2H])[C@@H](CO)C(=O)O. The Hall–Kier alpha value is -0.570. The quantitative estimate of drug-likeness (QED) is 0.509. The maximum atomic E-state index is 10.1. The van der Waals surface area contributed by atoms with Crippen molar-refractivity contribution in [2.24, 2.45) is 5.92 Å². The number of carboxylic acid groups (broad SMARTS) is 1. The number of carboxylic acids is 1. The monoisotopic (exact) mass is 107 g/mol. The van der Waals surface area contributed by atoms with E-state index in [-0.39, 0.29) is 0 Å². The van der Waals surface area contributed by atoms with Crippen LogP contribution in [0, 0.1) is 5.92 Å². The Labute approximate surface area is 45.8 Å². The van der Waals surface area contributed by atoms with E-state index in [1.807, 2.05) is 0 Å². The third-order valence-electron chi connectivity index (χ3n) is 0.481. The largest absolute Gasteiger partial charge is 0.481 e. The van der Waals surface area contributed by atoms with E-state index in [1.165, 1.54) is 0 Å². The van der Waals surface area contributed by atoms with Crippen LogP contribution in [-0.2, 0) is 4.79 Å². The second kappa shape index (κ2) is 2.58. The standard InChI is InChI=1S/C4H8O3/c1-3(2-5)4(6)7/h3,5H,2H2,1H3,(H,6,7)/t3-/m0/s1/i1D3. The molecular weight excluding hydrogens is 96.0 g/mol. The van der Waals surface area contributed by atoms with E-state index in [0.717, 1.165) is 0 Å². The molecule has 0 radical (unpaired) electrons. The lowest BCUT2D eigenvalue weighted by Crippen LogP contribution is -2.12. The lowest BCUT2D eigenvalue weighted by Gasteiger charge is -1.95. The van der Waals surface area contributed by atoms with E-state index in [9.17, 15) is 4.79 Å². The molecule has 0 aliphatic heterocycles. The van der Waals surface area contributed by atoms with E-state index in [2.05, 4.69) is 0 Å². The number of hydrogen-bond acceptors (Lipinski definition) is 2. The fourth-order valence-corrected chi connectivity index (χ4v) is 0.0781. The number of aliphatic hydroxyl groups excluding tert-OH is 1. The first-order valence-electron chi connectivity index (χ1n) is 3.23. The Bertz CT molecular complexity index is 130. The molecule has 0 fully saturated rings. The van der Waals surface area contributed by atoms with Crippen molar-refractivity contribution >= 4 is 5.97 Å². The predicted molar refractivity (Wildman–Crippen MR) is 23.9 cm³/mol. The van der Waals surface area contributed by atoms with Crippen LogP contribution in [0.15, 0.2) is 0 Å². The topological polar surface area (TPSA) is 57.5 Å². The Kier molecular flexibility index (Phi) is 0.982. The van der Waals surface area contributed by atoms with Gasteiger partial charge in [-0.1, -0.05) is 0 Å². The molecule has 0 aromatic heterocycles. The second-order valence-electron chi connectivity index (χ2n) is 1.07. The molecule has 3 nitrogen and oxygen atoms in total. The van der Waals surface area contributed by atoms with Crippen molar-refractivity contribution in [1.29, 1.82) is 0 Å². The molecule has 0 heterocycles. The van der Waals surface area contributed by atoms with Gasteiger partial charge in [-0.3, -0.25) is 4.79 Å². The fourth-order valence-electron chi connectivity index (χ4n) is 0.0781. The van der Waals surface area contributed by atoms with Crippen LogP contribution in [0.4, 0.5) is 0 Å². The average molecular weight is 107 g/mol. The zero-order valence-electron chi connectivity index (χ0n) is 6.59. The lowest BCUT2D eigenvalue weighted by molar-refractivity contribution is -0.142. The third kappa shape index (κ3) is 2.17. The Morgan fingerprint density at radius 2 is 2.71 bits per heavy atom. The van der Waals surface area contributed by atoms with Gasteiger partial charge in [0.15, 0.2) is 0 Å². The van der Waals surface area contributed by atoms with Gasteiger partial charge in [0.1, 0.15) is 0 Å². The Balaban J connectivity index is 4.22. The summed E-state index contributed by atoms with van der Waals surface area (Å²) in [7, 11) is 0. The van der Waals surface area contributed by atoms with Gasteiger partial charge in [0.05, 0.1) is 12.5 Å². The van der Waals surface area contributed by atoms with Gasteiger partial charge in [-0.2, -0.15) is 0 Å². The Morgan fingerprint density at radius 1 is 2.14 bits per heavy atom. The highest BCUT2D eigenvalue weighted by Gasteiger charge is 2.06. The summed E-state index contributed by atoms with van der Waals surface area (Å²) in [6.45, 7) is -3.47. The molecular formula is C4H8O3. The molecule has 0 aromatic rings. The number of aliphatic carboxylic acids is 1. The molecule has 1 atom stereocenters. The summed E-state index contributed by atoms with van der Waals surface area (Å²) in [6, 6.07) is 0. The first kappa shape index (κ1) is 2.67. The summed E-state index contributed by atoms with van der Waals surface area (Å²) in [5, 5.41) is 16.5. The lowest BCUT2D eigenvalue weighted by atomic mass is 10.2. The molecule has 0 bridgehead atoms. The van der Waals surface area contributed by atoms with Gasteiger partial charge in [0.25, 0.3) is 0 Å². The number of rotatable bonds is 2. The van der Waals surface area contributed by atoms with Gasteiger partial charge in [0.2, 0.25) is 0 Å². The zero-order chi connectivity index (χ0) is 8.36. The summed E-state index contributed by atoms with van der Waals surface area (Å²) in [5.41, 5.74) is 0. The van der Waals surface area contributed by atoms with Crippen molar-refractivity contribution < 1.29 is 19.1 Å². The molecule has 3 heteroatoms. The van der Waals surface area contributed by atoms with Crippen molar-refractivity contribution in [3.05, 3.63) is 0 Å². The van der Waals surface area contributed by atoms with Gasteiger partial charge in [-0.05, 0) is 6.85 Å². The summed E-state index contributed by atoms with van der Waals surface area (Å²) < 4.78 is 19.8. The molecule has 42 valence electrons. The Morgan fingerprint density at radius 3 is 2.71 bits per heavy atom. The van der Waals surface area contributed by atoms with E-state index < -0.39 is 25.3 Å². The molecule has 0 rings (SSSR count). The van der Waals surface area contributed by atoms with Crippen LogP contribution in [-0.4, -0.2) is 22.8 Å². The highest BCUT2D eigenvalue weighted by atomic mass is 16.4. The van der Waals surface area contributed by atoms with Crippen molar-refractivity contribution in [3.8, 4) is 0 Å². The molecule has 0 spiro atoms. The summed E-state index contributed by atoms with van der Waals surface area (Å²) >= 11 is 0. The third-order valence-corrected chi connectivity index (χ3v) is 0.481. The molecule has 0 unspecified atom stereocenters. The van der Waals surface area contributed by atoms with E-state index in [1.54, 1.807) is 0 Å². The minimum Gasteiger partial charge on any atom is -0.481 e. The van der Waals surface area contributed by atoms with E-state index >= 15 is 0 Å². The molecule has 0 aliphatic rings. The van der Waals surface area contributed by atoms with Crippen molar-refractivity contribution in [2.45, 2.75) is 6.85 Å². The predicted octanol–water partition coefficient (Wildman–Crippen LogP) is -0.301. The average Bonchev–Trinajstić information content (AvgIpc) is 1.60. The number of carbonyl (C=O) groups is 1. The van der Waals surface area contributed by atoms with Gasteiger partial charge in [-0.25, -0.2) is 0 Å². The van der Waals surface area contributed by atoms with Crippen LogP contribution in [0.5, 0.6) is 0 Å². The van der Waals surface area contributed by atoms with Gasteiger partial charge < -0.3 is 10.2 Å². The molecule has 0 aromatic carbocycles. The number of aliphatic hydroxyl groups is 1. The van der Waals surface area contributed by atoms with Crippen LogP contribution < -0.4 is 0 Å². The molecule has 0 amide bonds. The molecule has 7 heavy (non-hydrogen) atoms. The smallest absolute Gasteiger partial charge is 0.308 e. The molecule has 2 N–H and O–H groups in total. The van der Waals surface area contributed by atoms with Crippen molar-refractivity contribution in [1.82, 2.24) is 0 Å². The van der Waals surface area contributed by atoms with E-state index in [0.29, 0.717) is 0 Å². The fraction of sp³-hybridized carbons (Fsp3) is 0.750. The molecule has 0 saturated carbocycles. The van der Waals surface area contributed by atoms with E-state index in [4.69, 9.17) is 14.3 Å². The van der Waals surface area contributed by atoms with Gasteiger partial charge in [0, 0.05) is 4.11 Å². The first-order chi connectivity index (χ1) is 4.39. The molecule has 0 aliphatic carbocycles. The summed E-state index contributed by atoms with van der Waals surface area (Å²) in [4.78, 5) is 10.1. The second-order valence-corrected chi connectivity index (χ2v) is 1.07. The van der Waals surface area contributed by atoms with Crippen LogP contribution in [0.3, 0.4) is 0 Å². The van der Waals surface area contributed by atoms with Crippen LogP contribution in [0.25, 0.3) is 0 Å².